The number of hydrogen-bond donors (Lipinski definition) is 0. The van der Waals surface area contributed by atoms with Gasteiger partial charge in [-0.1, -0.05) is 30.3 Å². The van der Waals surface area contributed by atoms with Gasteiger partial charge in [-0.15, -0.1) is 10.2 Å². The molecule has 2 aromatic heterocycles. The molecule has 0 aliphatic carbocycles. The van der Waals surface area contributed by atoms with E-state index in [0.29, 0.717) is 18.7 Å². The topological polar surface area (TPSA) is 63.9 Å². The van der Waals surface area contributed by atoms with Gasteiger partial charge in [0, 0.05) is 12.7 Å². The highest BCUT2D eigenvalue weighted by Gasteiger charge is 2.29. The Morgan fingerprint density at radius 3 is 2.79 bits per heavy atom. The van der Waals surface area contributed by atoms with E-state index in [0.717, 1.165) is 24.5 Å². The van der Waals surface area contributed by atoms with E-state index in [-0.39, 0.29) is 5.91 Å². The molecule has 1 aromatic carbocycles. The van der Waals surface area contributed by atoms with E-state index in [1.54, 1.807) is 23.5 Å². The summed E-state index contributed by atoms with van der Waals surface area (Å²) in [5.41, 5.74) is 2.79. The number of rotatable bonds is 5. The van der Waals surface area contributed by atoms with Crippen molar-refractivity contribution in [2.45, 2.75) is 26.1 Å². The first-order valence-corrected chi connectivity index (χ1v) is 7.95. The molecule has 3 aromatic rings. The predicted octanol–water partition coefficient (Wildman–Crippen LogP) is 2.07. The zero-order valence-electron chi connectivity index (χ0n) is 13.2. The van der Waals surface area contributed by atoms with Crippen molar-refractivity contribution >= 4 is 5.91 Å². The van der Waals surface area contributed by atoms with Crippen LogP contribution < -0.4 is 0 Å². The summed E-state index contributed by atoms with van der Waals surface area (Å²) >= 11 is 0. The Labute approximate surface area is 139 Å². The van der Waals surface area contributed by atoms with Crippen LogP contribution in [0.4, 0.5) is 0 Å². The number of carbonyl (C=O) groups excluding carboxylic acids is 1. The molecule has 0 fully saturated rings. The number of aryl methyl sites for hydroxylation is 2. The van der Waals surface area contributed by atoms with Crippen molar-refractivity contribution in [3.63, 3.8) is 0 Å². The third-order valence-electron chi connectivity index (χ3n) is 4.26. The van der Waals surface area contributed by atoms with Crippen LogP contribution >= 0.6 is 0 Å². The Kier molecular flexibility index (Phi) is 3.78. The van der Waals surface area contributed by atoms with Crippen LogP contribution in [-0.4, -0.2) is 30.6 Å². The predicted molar refractivity (Wildman–Crippen MR) is 88.0 cm³/mol. The van der Waals surface area contributed by atoms with Crippen LogP contribution in [0, 0.1) is 0 Å². The number of carbonyl (C=O) groups is 1. The van der Waals surface area contributed by atoms with Crippen molar-refractivity contribution in [1.82, 2.24) is 24.6 Å². The molecule has 0 unspecified atom stereocenters. The molecule has 0 saturated heterocycles. The lowest BCUT2D eigenvalue weighted by atomic mass is 10.1. The fraction of sp³-hybridized carbons (Fsp3) is 0.222. The molecule has 6 heteroatoms. The van der Waals surface area contributed by atoms with E-state index in [4.69, 9.17) is 0 Å². The van der Waals surface area contributed by atoms with Crippen LogP contribution in [0.2, 0.25) is 0 Å². The van der Waals surface area contributed by atoms with Gasteiger partial charge in [0.05, 0.1) is 24.3 Å². The van der Waals surface area contributed by atoms with Crippen LogP contribution in [0.1, 0.15) is 27.4 Å². The van der Waals surface area contributed by atoms with Crippen LogP contribution in [0.3, 0.4) is 0 Å². The summed E-state index contributed by atoms with van der Waals surface area (Å²) in [6.45, 7) is 1.77. The Hall–Kier alpha value is -3.02. The summed E-state index contributed by atoms with van der Waals surface area (Å²) in [7, 11) is 0. The van der Waals surface area contributed by atoms with E-state index in [9.17, 15) is 4.79 Å². The minimum atomic E-state index is 0.00992. The van der Waals surface area contributed by atoms with E-state index in [1.807, 2.05) is 28.8 Å². The van der Waals surface area contributed by atoms with Gasteiger partial charge in [-0.2, -0.15) is 0 Å². The number of fused-ring (bicyclic) bond motifs is 1. The number of nitrogens with zero attached hydrogens (tertiary/aromatic N) is 5. The average Bonchev–Trinajstić information content (AvgIpc) is 3.19. The van der Waals surface area contributed by atoms with Gasteiger partial charge in [-0.25, -0.2) is 0 Å². The third-order valence-corrected chi connectivity index (χ3v) is 4.26. The van der Waals surface area contributed by atoms with Crippen molar-refractivity contribution < 1.29 is 4.79 Å². The second-order valence-electron chi connectivity index (χ2n) is 5.84. The molecule has 1 amide bonds. The molecule has 0 N–H and O–H groups in total. The quantitative estimate of drug-likeness (QED) is 0.722. The monoisotopic (exact) mass is 319 g/mol. The fourth-order valence-electron chi connectivity index (χ4n) is 2.96. The zero-order valence-corrected chi connectivity index (χ0v) is 13.2. The normalized spacial score (nSPS) is 13.3. The van der Waals surface area contributed by atoms with Gasteiger partial charge in [-0.3, -0.25) is 9.78 Å². The molecule has 0 saturated carbocycles. The first kappa shape index (κ1) is 14.6. The highest BCUT2D eigenvalue weighted by molar-refractivity contribution is 5.97. The second kappa shape index (κ2) is 6.23. The molecule has 0 atom stereocenters. The van der Waals surface area contributed by atoms with Crippen molar-refractivity contribution in [2.75, 3.05) is 0 Å². The third kappa shape index (κ3) is 2.78. The molecule has 1 aliphatic rings. The number of hydrogen-bond acceptors (Lipinski definition) is 4. The maximum atomic E-state index is 12.4. The fourth-order valence-corrected chi connectivity index (χ4v) is 2.96. The summed E-state index contributed by atoms with van der Waals surface area (Å²) in [6, 6.07) is 13.9. The van der Waals surface area contributed by atoms with E-state index in [2.05, 4.69) is 27.3 Å². The number of benzene rings is 1. The number of pyridine rings is 1. The number of amides is 1. The van der Waals surface area contributed by atoms with Gasteiger partial charge in [0.2, 0.25) is 0 Å². The lowest BCUT2D eigenvalue weighted by molar-refractivity contribution is 0.0760. The minimum absolute atomic E-state index is 0.00992. The lowest BCUT2D eigenvalue weighted by Crippen LogP contribution is -2.25. The van der Waals surface area contributed by atoms with Crippen molar-refractivity contribution in [3.8, 4) is 0 Å². The van der Waals surface area contributed by atoms with Gasteiger partial charge in [0.15, 0.2) is 5.82 Å². The van der Waals surface area contributed by atoms with Crippen LogP contribution in [-0.2, 0) is 26.1 Å². The summed E-state index contributed by atoms with van der Waals surface area (Å²) < 4.78 is 2.01. The van der Waals surface area contributed by atoms with Gasteiger partial charge >= 0.3 is 0 Å². The molecule has 120 valence electrons. The molecule has 0 radical (unpaired) electrons. The molecule has 0 spiro atoms. The smallest absolute Gasteiger partial charge is 0.256 e. The van der Waals surface area contributed by atoms with Crippen LogP contribution in [0.5, 0.6) is 0 Å². The maximum absolute atomic E-state index is 12.4. The molecule has 24 heavy (non-hydrogen) atoms. The Bertz CT molecular complexity index is 859. The van der Waals surface area contributed by atoms with Crippen molar-refractivity contribution in [1.29, 1.82) is 0 Å². The van der Waals surface area contributed by atoms with Gasteiger partial charge in [-0.05, 0) is 24.1 Å². The highest BCUT2D eigenvalue weighted by Crippen LogP contribution is 2.21. The highest BCUT2D eigenvalue weighted by atomic mass is 16.2. The standard InChI is InChI=1S/C18H17N5O/c24-18-15-7-4-9-19-16(15)11-23(18)12-17-21-20-13-22(17)10-8-14-5-2-1-3-6-14/h1-7,9,13H,8,10-12H2. The Morgan fingerprint density at radius 2 is 1.96 bits per heavy atom. The summed E-state index contributed by atoms with van der Waals surface area (Å²) in [6.07, 6.45) is 4.35. The molecule has 3 heterocycles. The molecule has 4 rings (SSSR count). The van der Waals surface area contributed by atoms with Crippen LogP contribution in [0.25, 0.3) is 0 Å². The van der Waals surface area contributed by atoms with Gasteiger partial charge in [0.1, 0.15) is 6.33 Å². The van der Waals surface area contributed by atoms with Crippen molar-refractivity contribution in [3.05, 3.63) is 77.6 Å². The van der Waals surface area contributed by atoms with E-state index in [1.165, 1.54) is 5.56 Å². The summed E-state index contributed by atoms with van der Waals surface area (Å²) in [5.74, 6) is 0.808. The maximum Gasteiger partial charge on any atom is 0.256 e. The number of aromatic nitrogens is 4. The lowest BCUT2D eigenvalue weighted by Gasteiger charge is -2.15. The minimum Gasteiger partial charge on any atom is -0.325 e. The van der Waals surface area contributed by atoms with Crippen LogP contribution in [0.15, 0.2) is 55.0 Å². The SMILES string of the molecule is O=C1c2cccnc2CN1Cc1nncn1CCc1ccccc1. The largest absolute Gasteiger partial charge is 0.325 e. The van der Waals surface area contributed by atoms with Gasteiger partial charge in [0.25, 0.3) is 5.91 Å². The second-order valence-corrected chi connectivity index (χ2v) is 5.84. The Morgan fingerprint density at radius 1 is 1.08 bits per heavy atom. The van der Waals surface area contributed by atoms with E-state index < -0.39 is 0 Å². The molecular weight excluding hydrogens is 302 g/mol. The first-order chi connectivity index (χ1) is 11.8. The Balaban J connectivity index is 1.45. The molecule has 6 nitrogen and oxygen atoms in total. The van der Waals surface area contributed by atoms with Crippen molar-refractivity contribution in [2.24, 2.45) is 0 Å². The van der Waals surface area contributed by atoms with E-state index >= 15 is 0 Å². The van der Waals surface area contributed by atoms with Gasteiger partial charge < -0.3 is 9.47 Å². The first-order valence-electron chi connectivity index (χ1n) is 7.95. The molecular formula is C18H17N5O. The molecule has 0 bridgehead atoms. The molecule has 1 aliphatic heterocycles. The average molecular weight is 319 g/mol. The summed E-state index contributed by atoms with van der Waals surface area (Å²) in [4.78, 5) is 18.5. The summed E-state index contributed by atoms with van der Waals surface area (Å²) in [5, 5.41) is 8.20. The zero-order chi connectivity index (χ0) is 16.4.